The Balaban J connectivity index is 2.05. The zero-order chi connectivity index (χ0) is 12.3. The normalized spacial score (nSPS) is 10.5. The van der Waals surface area contributed by atoms with Gasteiger partial charge < -0.3 is 0 Å². The van der Waals surface area contributed by atoms with E-state index in [2.05, 4.69) is 32.0 Å². The molecule has 1 aromatic heterocycles. The lowest BCUT2D eigenvalue weighted by molar-refractivity contribution is -0.117. The second-order valence-electron chi connectivity index (χ2n) is 4.45. The van der Waals surface area contributed by atoms with Crippen LogP contribution in [0.1, 0.15) is 22.3 Å². The highest BCUT2D eigenvalue weighted by Gasteiger charge is 2.07. The van der Waals surface area contributed by atoms with Crippen molar-refractivity contribution in [3.8, 4) is 0 Å². The fraction of sp³-hybridized carbons (Fsp3) is 0.267. The summed E-state index contributed by atoms with van der Waals surface area (Å²) in [5.41, 5.74) is 4.71. The van der Waals surface area contributed by atoms with Gasteiger partial charge in [0.2, 0.25) is 0 Å². The molecule has 0 aliphatic carbocycles. The zero-order valence-corrected chi connectivity index (χ0v) is 11.0. The smallest absolute Gasteiger partial charge is 0.141 e. The molecule has 0 amide bonds. The Morgan fingerprint density at radius 2 is 2.00 bits per heavy atom. The quantitative estimate of drug-likeness (QED) is 0.801. The summed E-state index contributed by atoms with van der Waals surface area (Å²) in [4.78, 5) is 11.9. The van der Waals surface area contributed by atoms with E-state index in [1.165, 1.54) is 11.1 Å². The molecule has 0 saturated heterocycles. The average Bonchev–Trinajstić information content (AvgIpc) is 2.76. The summed E-state index contributed by atoms with van der Waals surface area (Å²) >= 11 is 1.64. The number of benzene rings is 1. The molecule has 0 atom stereocenters. The van der Waals surface area contributed by atoms with Gasteiger partial charge in [0.25, 0.3) is 0 Å². The molecule has 1 aromatic carbocycles. The first-order chi connectivity index (χ1) is 8.15. The molecule has 0 N–H and O–H groups in total. The van der Waals surface area contributed by atoms with Crippen molar-refractivity contribution in [2.75, 3.05) is 0 Å². The monoisotopic (exact) mass is 244 g/mol. The maximum absolute atomic E-state index is 11.9. The number of rotatable bonds is 4. The third kappa shape index (κ3) is 3.27. The van der Waals surface area contributed by atoms with Crippen molar-refractivity contribution in [2.24, 2.45) is 0 Å². The first-order valence-electron chi connectivity index (χ1n) is 5.74. The highest BCUT2D eigenvalue weighted by molar-refractivity contribution is 7.07. The number of thiophene rings is 1. The summed E-state index contributed by atoms with van der Waals surface area (Å²) in [6.45, 7) is 4.12. The summed E-state index contributed by atoms with van der Waals surface area (Å²) in [6.07, 6.45) is 1.10. The van der Waals surface area contributed by atoms with Crippen molar-refractivity contribution in [1.82, 2.24) is 0 Å². The highest BCUT2D eigenvalue weighted by atomic mass is 32.1. The molecule has 0 aliphatic heterocycles. The van der Waals surface area contributed by atoms with E-state index in [-0.39, 0.29) is 5.78 Å². The van der Waals surface area contributed by atoms with E-state index < -0.39 is 0 Å². The molecule has 2 rings (SSSR count). The molecular formula is C15H16OS. The molecule has 0 unspecified atom stereocenters. The maximum Gasteiger partial charge on any atom is 0.141 e. The van der Waals surface area contributed by atoms with Crippen molar-refractivity contribution in [1.29, 1.82) is 0 Å². The fourth-order valence-corrected chi connectivity index (χ4v) is 2.56. The molecule has 0 spiro atoms. The van der Waals surface area contributed by atoms with E-state index in [1.54, 1.807) is 11.3 Å². The lowest BCUT2D eigenvalue weighted by atomic mass is 9.99. The van der Waals surface area contributed by atoms with E-state index in [4.69, 9.17) is 0 Å². The second-order valence-corrected chi connectivity index (χ2v) is 5.23. The molecule has 2 aromatic rings. The van der Waals surface area contributed by atoms with Crippen LogP contribution in [-0.2, 0) is 17.6 Å². The first kappa shape index (κ1) is 12.1. The molecule has 1 heterocycles. The van der Waals surface area contributed by atoms with Crippen LogP contribution >= 0.6 is 11.3 Å². The van der Waals surface area contributed by atoms with Gasteiger partial charge in [-0.1, -0.05) is 23.8 Å². The number of hydrogen-bond acceptors (Lipinski definition) is 2. The molecule has 1 nitrogen and oxygen atoms in total. The second kappa shape index (κ2) is 5.28. The molecule has 88 valence electrons. The minimum absolute atomic E-state index is 0.289. The Morgan fingerprint density at radius 1 is 1.18 bits per heavy atom. The summed E-state index contributed by atoms with van der Waals surface area (Å²) in [6, 6.07) is 8.30. The van der Waals surface area contributed by atoms with Crippen molar-refractivity contribution < 1.29 is 4.79 Å². The predicted octanol–water partition coefficient (Wildman–Crippen LogP) is 3.72. The Labute approximate surface area is 106 Å². The van der Waals surface area contributed by atoms with E-state index in [1.807, 2.05) is 16.8 Å². The Hall–Kier alpha value is -1.41. The fourth-order valence-electron chi connectivity index (χ4n) is 1.89. The SMILES string of the molecule is Cc1ccc(C)c(CC(=O)Cc2ccsc2)c1. The topological polar surface area (TPSA) is 17.1 Å². The predicted molar refractivity (Wildman–Crippen MR) is 72.7 cm³/mol. The van der Waals surface area contributed by atoms with Gasteiger partial charge in [-0.25, -0.2) is 0 Å². The Morgan fingerprint density at radius 3 is 2.71 bits per heavy atom. The summed E-state index contributed by atoms with van der Waals surface area (Å²) in [5.74, 6) is 0.289. The van der Waals surface area contributed by atoms with Gasteiger partial charge in [0.05, 0.1) is 0 Å². The van der Waals surface area contributed by atoms with Gasteiger partial charge in [0.15, 0.2) is 0 Å². The highest BCUT2D eigenvalue weighted by Crippen LogP contribution is 2.14. The number of aryl methyl sites for hydroxylation is 2. The summed E-state index contributed by atoms with van der Waals surface area (Å²) in [7, 11) is 0. The van der Waals surface area contributed by atoms with Crippen LogP contribution in [0, 0.1) is 13.8 Å². The van der Waals surface area contributed by atoms with Crippen LogP contribution in [0.4, 0.5) is 0 Å². The molecule has 0 saturated carbocycles. The van der Waals surface area contributed by atoms with Crippen LogP contribution in [0.5, 0.6) is 0 Å². The molecule has 17 heavy (non-hydrogen) atoms. The van der Waals surface area contributed by atoms with Crippen LogP contribution in [0.15, 0.2) is 35.0 Å². The summed E-state index contributed by atoms with van der Waals surface area (Å²) < 4.78 is 0. The Bertz CT molecular complexity index is 512. The molecule has 0 aliphatic rings. The van der Waals surface area contributed by atoms with Gasteiger partial charge in [0.1, 0.15) is 5.78 Å². The molecular weight excluding hydrogens is 228 g/mol. The zero-order valence-electron chi connectivity index (χ0n) is 10.2. The molecule has 0 bridgehead atoms. The molecule has 2 heteroatoms. The third-order valence-electron chi connectivity index (χ3n) is 2.87. The minimum Gasteiger partial charge on any atom is -0.299 e. The van der Waals surface area contributed by atoms with E-state index in [0.717, 1.165) is 11.1 Å². The maximum atomic E-state index is 11.9. The van der Waals surface area contributed by atoms with Crippen LogP contribution in [0.25, 0.3) is 0 Å². The van der Waals surface area contributed by atoms with Gasteiger partial charge in [-0.2, -0.15) is 11.3 Å². The standard InChI is InChI=1S/C15H16OS/c1-11-3-4-12(2)14(7-11)9-15(16)8-13-5-6-17-10-13/h3-7,10H,8-9H2,1-2H3. The van der Waals surface area contributed by atoms with Gasteiger partial charge >= 0.3 is 0 Å². The third-order valence-corrected chi connectivity index (χ3v) is 3.61. The van der Waals surface area contributed by atoms with Crippen LogP contribution < -0.4 is 0 Å². The van der Waals surface area contributed by atoms with E-state index in [9.17, 15) is 4.79 Å². The van der Waals surface area contributed by atoms with Crippen molar-refractivity contribution in [3.63, 3.8) is 0 Å². The number of carbonyl (C=O) groups excluding carboxylic acids is 1. The van der Waals surface area contributed by atoms with Crippen molar-refractivity contribution >= 4 is 17.1 Å². The molecule has 0 radical (unpaired) electrons. The largest absolute Gasteiger partial charge is 0.299 e. The van der Waals surface area contributed by atoms with E-state index in [0.29, 0.717) is 12.8 Å². The number of ketones is 1. The van der Waals surface area contributed by atoms with Crippen LogP contribution in [0.3, 0.4) is 0 Å². The first-order valence-corrected chi connectivity index (χ1v) is 6.68. The lowest BCUT2D eigenvalue weighted by Gasteiger charge is -2.06. The lowest BCUT2D eigenvalue weighted by Crippen LogP contribution is -2.07. The number of Topliss-reactive ketones (excluding diaryl/α,β-unsaturated/α-hetero) is 1. The average molecular weight is 244 g/mol. The van der Waals surface area contributed by atoms with Gasteiger partial charge in [0, 0.05) is 12.8 Å². The number of hydrogen-bond donors (Lipinski definition) is 0. The van der Waals surface area contributed by atoms with Crippen LogP contribution in [0.2, 0.25) is 0 Å². The van der Waals surface area contributed by atoms with Gasteiger partial charge in [-0.05, 0) is 47.4 Å². The van der Waals surface area contributed by atoms with Gasteiger partial charge in [-0.3, -0.25) is 4.79 Å². The van der Waals surface area contributed by atoms with Gasteiger partial charge in [-0.15, -0.1) is 0 Å². The van der Waals surface area contributed by atoms with Crippen molar-refractivity contribution in [2.45, 2.75) is 26.7 Å². The minimum atomic E-state index is 0.289. The van der Waals surface area contributed by atoms with Crippen LogP contribution in [-0.4, -0.2) is 5.78 Å². The Kier molecular flexibility index (Phi) is 3.75. The van der Waals surface area contributed by atoms with E-state index >= 15 is 0 Å². The summed E-state index contributed by atoms with van der Waals surface area (Å²) in [5, 5.41) is 4.06. The van der Waals surface area contributed by atoms with Crippen molar-refractivity contribution in [3.05, 3.63) is 57.3 Å². The molecule has 0 fully saturated rings. The number of carbonyl (C=O) groups is 1.